The molecule has 102 heavy (non-hydrogen) atoms. The van der Waals surface area contributed by atoms with Gasteiger partial charge in [-0.05, 0) is 93.6 Å². The minimum absolute atomic E-state index is 0.0122. The summed E-state index contributed by atoms with van der Waals surface area (Å²) < 4.78 is 63.2. The number of hydrogen-bond acceptors (Lipinski definition) is 16. The van der Waals surface area contributed by atoms with Gasteiger partial charge in [0, 0.05) is 24.3 Å². The molecule has 0 saturated carbocycles. The lowest BCUT2D eigenvalue weighted by atomic mass is 9.76. The van der Waals surface area contributed by atoms with Gasteiger partial charge in [-0.15, -0.1) is 0 Å². The lowest BCUT2D eigenvalue weighted by molar-refractivity contribution is -0.131. The van der Waals surface area contributed by atoms with E-state index in [1.54, 1.807) is 7.11 Å². The molecule has 7 aromatic rings. The summed E-state index contributed by atoms with van der Waals surface area (Å²) in [6.07, 6.45) is 1.63. The molecule has 0 bridgehead atoms. The number of amides is 3. The number of azide groups is 1. The minimum Gasteiger partial charge on any atom is -0.495 e. The predicted octanol–water partition coefficient (Wildman–Crippen LogP) is 10.8. The van der Waals surface area contributed by atoms with Crippen molar-refractivity contribution in [2.24, 2.45) is 5.11 Å². The number of ether oxygens (including phenoxy) is 10. The number of rotatable bonds is 52. The number of hydrogen-bond donors (Lipinski definition) is 4. The Balaban J connectivity index is 0.906. The highest BCUT2D eigenvalue weighted by atomic mass is 28.4. The van der Waals surface area contributed by atoms with Crippen LogP contribution in [0.15, 0.2) is 199 Å². The normalized spacial score (nSPS) is 12.3. The first kappa shape index (κ1) is 81.1. The zero-order chi connectivity index (χ0) is 72.2. The fourth-order valence-corrected chi connectivity index (χ4v) is 16.4. The van der Waals surface area contributed by atoms with Crippen LogP contribution in [0.3, 0.4) is 0 Å². The Labute approximate surface area is 603 Å². The Kier molecular flexibility index (Phi) is 36.9. The first-order valence-electron chi connectivity index (χ1n) is 35.4. The van der Waals surface area contributed by atoms with Gasteiger partial charge in [0.2, 0.25) is 17.7 Å². The van der Waals surface area contributed by atoms with Crippen molar-refractivity contribution in [2.45, 2.75) is 89.1 Å². The summed E-state index contributed by atoms with van der Waals surface area (Å²) >= 11 is 0. The summed E-state index contributed by atoms with van der Waals surface area (Å²) in [4.78, 5) is 46.2. The number of carbonyl (C=O) groups excluding carboxylic acids is 3. The Morgan fingerprint density at radius 1 is 0.490 bits per heavy atom. The van der Waals surface area contributed by atoms with Gasteiger partial charge in [-0.25, -0.2) is 0 Å². The standard InChI is InChI=1S/C80H105N7O14Si/c1-64-34-37-69(38-35-64)80(67-25-13-7-14-26-67,68-27-15-8-16-28-68)82-41-22-21-33-73(77(89)85-72-39-36-66(62-75(72)91-5)63-101-102(79(2,3)4,70-29-17-9-18-30-70)71-31-19-10-20-32-71)86-78(90)74(61-65-23-11-6-12-24-65)84-76(88)40-43-92-45-47-94-49-51-96-53-55-98-57-59-100-60-58-99-56-54-97-52-50-95-48-46-93-44-42-83-87-81/h6-20,23-32,34-39,62,73-74,82H,21-22,33,40-61,63H2,1-5H3,(H,84,88)(H,85,89)(H,86,90)/t73-,74-/m0/s1. The molecule has 22 heteroatoms. The average molecular weight is 1420 g/mol. The molecule has 0 aromatic heterocycles. The second kappa shape index (κ2) is 46.4. The Morgan fingerprint density at radius 2 is 0.931 bits per heavy atom. The predicted molar refractivity (Wildman–Crippen MR) is 400 cm³/mol. The van der Waals surface area contributed by atoms with E-state index in [0.29, 0.717) is 143 Å². The molecule has 7 aromatic carbocycles. The van der Waals surface area contributed by atoms with Gasteiger partial charge in [-0.2, -0.15) is 0 Å². The summed E-state index contributed by atoms with van der Waals surface area (Å²) in [5.74, 6) is -0.896. The molecule has 4 N–H and O–H groups in total. The molecule has 3 amide bonds. The van der Waals surface area contributed by atoms with Crippen LogP contribution in [0.25, 0.3) is 10.4 Å². The molecule has 0 aliphatic carbocycles. The summed E-state index contributed by atoms with van der Waals surface area (Å²) in [5, 5.41) is 18.6. The van der Waals surface area contributed by atoms with E-state index in [0.717, 1.165) is 43.8 Å². The number of benzene rings is 7. The molecule has 2 atom stereocenters. The van der Waals surface area contributed by atoms with Gasteiger partial charge in [-0.3, -0.25) is 19.7 Å². The van der Waals surface area contributed by atoms with Crippen molar-refractivity contribution in [1.82, 2.24) is 16.0 Å². The van der Waals surface area contributed by atoms with Crippen LogP contribution >= 0.6 is 0 Å². The van der Waals surface area contributed by atoms with Gasteiger partial charge in [0.25, 0.3) is 8.32 Å². The monoisotopic (exact) mass is 1420 g/mol. The number of unbranched alkanes of at least 4 members (excludes halogenated alkanes) is 1. The Morgan fingerprint density at radius 3 is 1.39 bits per heavy atom. The zero-order valence-corrected chi connectivity index (χ0v) is 61.1. The van der Waals surface area contributed by atoms with Crippen molar-refractivity contribution >= 4 is 42.1 Å². The van der Waals surface area contributed by atoms with Crippen molar-refractivity contribution in [3.63, 3.8) is 0 Å². The maximum atomic E-state index is 15.0. The lowest BCUT2D eigenvalue weighted by Crippen LogP contribution is -2.66. The molecule has 7 rings (SSSR count). The van der Waals surface area contributed by atoms with Crippen molar-refractivity contribution in [3.8, 4) is 5.75 Å². The molecule has 0 radical (unpaired) electrons. The van der Waals surface area contributed by atoms with E-state index < -0.39 is 37.8 Å². The molecule has 0 fully saturated rings. The van der Waals surface area contributed by atoms with Crippen LogP contribution in [0.2, 0.25) is 5.04 Å². The third kappa shape index (κ3) is 27.2. The van der Waals surface area contributed by atoms with E-state index in [9.17, 15) is 14.4 Å². The van der Waals surface area contributed by atoms with Crippen LogP contribution in [-0.4, -0.2) is 177 Å². The SMILES string of the molecule is COc1cc(CO[Si](c2ccccc2)(c2ccccc2)C(C)(C)C)ccc1NC(=O)[C@H](CCCCNC(c1ccccc1)(c1ccccc1)c1ccc(C)cc1)NC(=O)[C@H](Cc1ccccc1)NC(=O)CCOCCOCCOCCOCCOCCOCCOCCOCCOCCN=[N+]=[N-]. The van der Waals surface area contributed by atoms with Gasteiger partial charge < -0.3 is 67.7 Å². The summed E-state index contributed by atoms with van der Waals surface area (Å²) in [5.41, 5.74) is 14.1. The van der Waals surface area contributed by atoms with E-state index in [1.807, 2.05) is 72.8 Å². The number of nitrogens with one attached hydrogen (secondary N) is 4. The van der Waals surface area contributed by atoms with Crippen LogP contribution in [0.5, 0.6) is 5.75 Å². The van der Waals surface area contributed by atoms with Crippen molar-refractivity contribution in [3.05, 3.63) is 238 Å². The largest absolute Gasteiger partial charge is 0.495 e. The highest BCUT2D eigenvalue weighted by Crippen LogP contribution is 2.39. The first-order chi connectivity index (χ1) is 49.9. The molecule has 21 nitrogen and oxygen atoms in total. The average Bonchev–Trinajstić information content (AvgIpc) is 0.761. The number of carbonyl (C=O) groups is 3. The Hall–Kier alpha value is -8.16. The minimum atomic E-state index is -2.90. The maximum Gasteiger partial charge on any atom is 0.261 e. The van der Waals surface area contributed by atoms with Crippen LogP contribution in [-0.2, 0) is 80.0 Å². The maximum absolute atomic E-state index is 15.0. The first-order valence-corrected chi connectivity index (χ1v) is 37.3. The summed E-state index contributed by atoms with van der Waals surface area (Å²) in [7, 11) is -1.33. The smallest absolute Gasteiger partial charge is 0.261 e. The van der Waals surface area contributed by atoms with E-state index in [-0.39, 0.29) is 50.0 Å². The van der Waals surface area contributed by atoms with Crippen LogP contribution in [0, 0.1) is 6.92 Å². The molecule has 548 valence electrons. The fraction of sp³-hybridized carbons (Fsp3) is 0.438. The third-order valence-electron chi connectivity index (χ3n) is 17.0. The summed E-state index contributed by atoms with van der Waals surface area (Å²) in [6.45, 7) is 17.0. The summed E-state index contributed by atoms with van der Waals surface area (Å²) in [6, 6.07) is 63.5. The van der Waals surface area contributed by atoms with E-state index in [4.69, 9.17) is 57.3 Å². The van der Waals surface area contributed by atoms with E-state index >= 15 is 0 Å². The second-order valence-electron chi connectivity index (χ2n) is 25.3. The third-order valence-corrected chi connectivity index (χ3v) is 22.0. The number of methoxy groups -OCH3 is 1. The van der Waals surface area contributed by atoms with E-state index in [2.05, 4.69) is 180 Å². The highest BCUT2D eigenvalue weighted by molar-refractivity contribution is 6.99. The molecular weight excluding hydrogens is 1310 g/mol. The molecule has 0 aliphatic heterocycles. The van der Waals surface area contributed by atoms with Gasteiger partial charge in [-0.1, -0.05) is 213 Å². The van der Waals surface area contributed by atoms with Crippen molar-refractivity contribution in [1.29, 1.82) is 0 Å². The van der Waals surface area contributed by atoms with Crippen molar-refractivity contribution < 1.29 is 66.2 Å². The molecule has 0 heterocycles. The molecular formula is C80H105N7O14Si. The molecule has 0 spiro atoms. The molecule has 0 aliphatic rings. The van der Waals surface area contributed by atoms with Crippen LogP contribution in [0.4, 0.5) is 5.69 Å². The van der Waals surface area contributed by atoms with Gasteiger partial charge >= 0.3 is 0 Å². The quantitative estimate of drug-likeness (QED) is 0.00691. The Bertz CT molecular complexity index is 3430. The van der Waals surface area contributed by atoms with Gasteiger partial charge in [0.15, 0.2) is 0 Å². The van der Waals surface area contributed by atoms with E-state index in [1.165, 1.54) is 0 Å². The zero-order valence-electron chi connectivity index (χ0n) is 60.1. The van der Waals surface area contributed by atoms with Gasteiger partial charge in [0.1, 0.15) is 17.8 Å². The number of aryl methyl sites for hydroxylation is 1. The van der Waals surface area contributed by atoms with Crippen LogP contribution in [0.1, 0.15) is 79.8 Å². The highest BCUT2D eigenvalue weighted by Gasteiger charge is 2.50. The molecule has 0 unspecified atom stereocenters. The lowest BCUT2D eigenvalue weighted by Gasteiger charge is -2.43. The number of anilines is 1. The van der Waals surface area contributed by atoms with Crippen molar-refractivity contribution in [2.75, 3.05) is 144 Å². The van der Waals surface area contributed by atoms with Gasteiger partial charge in [0.05, 0.1) is 144 Å². The fourth-order valence-electron chi connectivity index (χ4n) is 11.9. The number of nitrogens with zero attached hydrogens (tertiary/aromatic N) is 3. The second-order valence-corrected chi connectivity index (χ2v) is 29.6. The van der Waals surface area contributed by atoms with Crippen LogP contribution < -0.4 is 36.4 Å². The molecule has 0 saturated heterocycles. The topological polar surface area (TPSA) is 250 Å².